The molecule has 0 unspecified atom stereocenters. The monoisotopic (exact) mass is 434 g/mol. The van der Waals surface area contributed by atoms with Gasteiger partial charge in [0, 0.05) is 16.4 Å². The predicted octanol–water partition coefficient (Wildman–Crippen LogP) is 5.31. The molecule has 0 atom stereocenters. The number of aryl methyl sites for hydroxylation is 1. The van der Waals surface area contributed by atoms with Gasteiger partial charge in [-0.25, -0.2) is 0 Å². The van der Waals surface area contributed by atoms with Crippen molar-refractivity contribution in [2.24, 2.45) is 5.14 Å². The smallest absolute Gasteiger partial charge is 0.258 e. The van der Waals surface area contributed by atoms with Gasteiger partial charge in [-0.05, 0) is 75.3 Å². The molecule has 1 aromatic heterocycles. The van der Waals surface area contributed by atoms with Crippen molar-refractivity contribution in [1.82, 2.24) is 10.1 Å². The van der Waals surface area contributed by atoms with Crippen LogP contribution < -0.4 is 9.88 Å². The Balaban J connectivity index is 0.000000407. The second-order valence-corrected chi connectivity index (χ2v) is 8.98. The van der Waals surface area contributed by atoms with Crippen molar-refractivity contribution in [2.75, 3.05) is 0 Å². The third-order valence-corrected chi connectivity index (χ3v) is 6.10. The second kappa shape index (κ2) is 9.54. The zero-order valence-electron chi connectivity index (χ0n) is 17.8. The normalized spacial score (nSPS) is 14.5. The molecule has 1 saturated carbocycles. The molecule has 0 radical (unpaired) electrons. The largest absolute Gasteiger partial charge is 0.490 e. The molecule has 6 nitrogen and oxygen atoms in total. The maximum atomic E-state index is 9.40. The summed E-state index contributed by atoms with van der Waals surface area (Å²) in [5.74, 6) is 1.56. The highest BCUT2D eigenvalue weighted by Crippen LogP contribution is 2.33. The van der Waals surface area contributed by atoms with Gasteiger partial charge in [0.2, 0.25) is 5.82 Å². The van der Waals surface area contributed by atoms with Crippen molar-refractivity contribution < 1.29 is 9.26 Å². The molecule has 31 heavy (non-hydrogen) atoms. The molecule has 0 bridgehead atoms. The standard InChI is InChI=1S/C21H19N3O2.C3H7NS/c1-13(2)25-19-10-9-15(11-16(19)12-22)21-23-20(24-26-21)18-8-4-6-14-5-3-7-17(14)18;4-5-3-1-2-3/h4,6,8-11,13H,3,5,7H2,1-2H3;3H,1-2,4H2. The van der Waals surface area contributed by atoms with Gasteiger partial charge in [-0.1, -0.05) is 35.3 Å². The van der Waals surface area contributed by atoms with E-state index < -0.39 is 0 Å². The topological polar surface area (TPSA) is 98.0 Å². The lowest BCUT2D eigenvalue weighted by atomic mass is 10.0. The molecule has 0 spiro atoms. The van der Waals surface area contributed by atoms with E-state index in [0.29, 0.717) is 28.6 Å². The van der Waals surface area contributed by atoms with Crippen molar-refractivity contribution in [1.29, 1.82) is 5.26 Å². The average molecular weight is 435 g/mol. The Morgan fingerprint density at radius 3 is 2.74 bits per heavy atom. The van der Waals surface area contributed by atoms with Crippen molar-refractivity contribution >= 4 is 11.9 Å². The van der Waals surface area contributed by atoms with Gasteiger partial charge in [0.15, 0.2) is 0 Å². The summed E-state index contributed by atoms with van der Waals surface area (Å²) in [6.07, 6.45) is 6.02. The number of ether oxygens (including phenoxy) is 1. The van der Waals surface area contributed by atoms with E-state index in [2.05, 4.69) is 22.3 Å². The Hall–Kier alpha value is -2.82. The molecule has 0 saturated heterocycles. The minimum atomic E-state index is 0.00290. The number of nitrogens with two attached hydrogens (primary N) is 1. The van der Waals surface area contributed by atoms with Crippen LogP contribution in [0.4, 0.5) is 0 Å². The third-order valence-electron chi connectivity index (χ3n) is 5.24. The lowest BCUT2D eigenvalue weighted by Crippen LogP contribution is -2.06. The van der Waals surface area contributed by atoms with Gasteiger partial charge in [-0.15, -0.1) is 0 Å². The first-order valence-corrected chi connectivity index (χ1v) is 11.5. The Morgan fingerprint density at radius 2 is 2.06 bits per heavy atom. The van der Waals surface area contributed by atoms with Crippen LogP contribution in [0.1, 0.15) is 49.8 Å². The van der Waals surface area contributed by atoms with Crippen LogP contribution in [0.25, 0.3) is 22.8 Å². The van der Waals surface area contributed by atoms with Crippen LogP contribution in [0.5, 0.6) is 5.75 Å². The fourth-order valence-corrected chi connectivity index (χ4v) is 4.00. The highest BCUT2D eigenvalue weighted by Gasteiger charge is 2.20. The fourth-order valence-electron chi connectivity index (χ4n) is 3.59. The van der Waals surface area contributed by atoms with Crippen LogP contribution >= 0.6 is 11.9 Å². The van der Waals surface area contributed by atoms with Gasteiger partial charge in [-0.2, -0.15) is 10.2 Å². The Labute approximate surface area is 186 Å². The molecule has 0 amide bonds. The summed E-state index contributed by atoms with van der Waals surface area (Å²) < 4.78 is 11.1. The summed E-state index contributed by atoms with van der Waals surface area (Å²) in [6.45, 7) is 3.86. The molecule has 5 rings (SSSR count). The zero-order chi connectivity index (χ0) is 21.8. The van der Waals surface area contributed by atoms with Crippen LogP contribution in [-0.4, -0.2) is 21.5 Å². The van der Waals surface area contributed by atoms with Crippen molar-refractivity contribution in [3.8, 4) is 34.7 Å². The Kier molecular flexibility index (Phi) is 6.59. The highest BCUT2D eigenvalue weighted by atomic mass is 32.2. The number of hydrogen-bond acceptors (Lipinski definition) is 7. The summed E-state index contributed by atoms with van der Waals surface area (Å²) in [4.78, 5) is 4.57. The van der Waals surface area contributed by atoms with Gasteiger partial charge < -0.3 is 9.26 Å². The lowest BCUT2D eigenvalue weighted by molar-refractivity contribution is 0.241. The Morgan fingerprint density at radius 1 is 1.23 bits per heavy atom. The minimum Gasteiger partial charge on any atom is -0.490 e. The summed E-state index contributed by atoms with van der Waals surface area (Å²) in [5, 5.41) is 19.5. The molecule has 7 heteroatoms. The first-order valence-electron chi connectivity index (χ1n) is 10.6. The fraction of sp³-hybridized carbons (Fsp3) is 0.375. The van der Waals surface area contributed by atoms with Gasteiger partial charge in [0.05, 0.1) is 11.7 Å². The molecule has 3 aromatic rings. The Bertz CT molecular complexity index is 1100. The number of rotatable bonds is 5. The van der Waals surface area contributed by atoms with Crippen LogP contribution in [-0.2, 0) is 12.8 Å². The maximum Gasteiger partial charge on any atom is 0.258 e. The van der Waals surface area contributed by atoms with Crippen molar-refractivity contribution in [2.45, 2.75) is 57.3 Å². The summed E-state index contributed by atoms with van der Waals surface area (Å²) in [7, 11) is 0. The molecular weight excluding hydrogens is 408 g/mol. The van der Waals surface area contributed by atoms with Crippen molar-refractivity contribution in [3.63, 3.8) is 0 Å². The summed E-state index contributed by atoms with van der Waals surface area (Å²) >= 11 is 1.49. The van der Waals surface area contributed by atoms with E-state index in [-0.39, 0.29) is 6.10 Å². The van der Waals surface area contributed by atoms with Crippen LogP contribution in [0.15, 0.2) is 40.9 Å². The van der Waals surface area contributed by atoms with E-state index >= 15 is 0 Å². The van der Waals surface area contributed by atoms with Gasteiger partial charge in [0.1, 0.15) is 11.8 Å². The molecule has 2 aliphatic carbocycles. The van der Waals surface area contributed by atoms with Crippen LogP contribution in [0, 0.1) is 11.3 Å². The molecule has 0 aliphatic heterocycles. The maximum absolute atomic E-state index is 9.40. The number of aromatic nitrogens is 2. The number of fused-ring (bicyclic) bond motifs is 1. The van der Waals surface area contributed by atoms with E-state index in [0.717, 1.165) is 23.7 Å². The van der Waals surface area contributed by atoms with E-state index in [1.165, 1.54) is 42.3 Å². The first kappa shape index (κ1) is 21.4. The predicted molar refractivity (Wildman–Crippen MR) is 122 cm³/mol. The average Bonchev–Trinajstić information content (AvgIpc) is 3.28. The minimum absolute atomic E-state index is 0.00290. The number of nitriles is 1. The summed E-state index contributed by atoms with van der Waals surface area (Å²) in [5.41, 5.74) is 4.89. The zero-order valence-corrected chi connectivity index (χ0v) is 18.6. The molecule has 1 fully saturated rings. The van der Waals surface area contributed by atoms with Gasteiger partial charge in [-0.3, -0.25) is 5.14 Å². The van der Waals surface area contributed by atoms with E-state index in [4.69, 9.17) is 14.4 Å². The molecular formula is C24H26N4O2S. The molecule has 160 valence electrons. The molecule has 2 N–H and O–H groups in total. The third kappa shape index (κ3) is 5.09. The first-order chi connectivity index (χ1) is 15.1. The molecule has 1 heterocycles. The molecule has 2 aromatic carbocycles. The van der Waals surface area contributed by atoms with Crippen LogP contribution in [0.3, 0.4) is 0 Å². The van der Waals surface area contributed by atoms with Crippen molar-refractivity contribution in [3.05, 3.63) is 53.1 Å². The quantitative estimate of drug-likeness (QED) is 0.544. The number of nitrogens with zero attached hydrogens (tertiary/aromatic N) is 3. The number of benzene rings is 2. The SMILES string of the molecule is CC(C)Oc1ccc(-c2nc(-c3cccc4c3CCC4)no2)cc1C#N.NSC1CC1. The van der Waals surface area contributed by atoms with Crippen LogP contribution in [0.2, 0.25) is 0 Å². The van der Waals surface area contributed by atoms with E-state index in [9.17, 15) is 5.26 Å². The number of hydrogen-bond donors (Lipinski definition) is 1. The molecule has 2 aliphatic rings. The summed E-state index contributed by atoms with van der Waals surface area (Å²) in [6, 6.07) is 13.8. The van der Waals surface area contributed by atoms with E-state index in [1.807, 2.05) is 32.0 Å². The lowest BCUT2D eigenvalue weighted by Gasteiger charge is -2.11. The van der Waals surface area contributed by atoms with Gasteiger partial charge >= 0.3 is 0 Å². The van der Waals surface area contributed by atoms with E-state index in [1.54, 1.807) is 12.1 Å². The highest BCUT2D eigenvalue weighted by molar-refractivity contribution is 7.97. The van der Waals surface area contributed by atoms with Gasteiger partial charge in [0.25, 0.3) is 5.89 Å². The second-order valence-electron chi connectivity index (χ2n) is 8.04.